The molecule has 0 radical (unpaired) electrons. The van der Waals surface area contributed by atoms with E-state index < -0.39 is 0 Å². The van der Waals surface area contributed by atoms with Crippen LogP contribution >= 0.6 is 11.8 Å². The van der Waals surface area contributed by atoms with Crippen molar-refractivity contribution in [3.63, 3.8) is 0 Å². The number of benzene rings is 2. The van der Waals surface area contributed by atoms with E-state index in [9.17, 15) is 9.59 Å². The van der Waals surface area contributed by atoms with Crippen LogP contribution in [0.25, 0.3) is 0 Å². The molecule has 2 aromatic carbocycles. The van der Waals surface area contributed by atoms with Gasteiger partial charge in [0.2, 0.25) is 11.8 Å². The quantitative estimate of drug-likeness (QED) is 0.601. The van der Waals surface area contributed by atoms with Crippen LogP contribution in [0.15, 0.2) is 54.6 Å². The molecule has 0 bridgehead atoms. The Morgan fingerprint density at radius 3 is 2.66 bits per heavy atom. The van der Waals surface area contributed by atoms with Gasteiger partial charge in [-0.25, -0.2) is 0 Å². The molecule has 32 heavy (non-hydrogen) atoms. The number of likely N-dealkylation sites (tertiary alicyclic amines) is 1. The number of carbonyl (C=O) groups excluding carboxylic acids is 2. The van der Waals surface area contributed by atoms with Crippen molar-refractivity contribution in [3.05, 3.63) is 65.7 Å². The van der Waals surface area contributed by atoms with Crippen molar-refractivity contribution < 1.29 is 9.59 Å². The molecule has 0 aliphatic carbocycles. The molecule has 2 amide bonds. The Morgan fingerprint density at radius 1 is 1.19 bits per heavy atom. The van der Waals surface area contributed by atoms with Crippen LogP contribution in [0.1, 0.15) is 37.4 Å². The smallest absolute Gasteiger partial charge is 0.234 e. The monoisotopic (exact) mass is 452 g/mol. The molecule has 2 fully saturated rings. The molecule has 2 aliphatic heterocycles. The summed E-state index contributed by atoms with van der Waals surface area (Å²) in [6.07, 6.45) is 1.89. The molecule has 2 aromatic rings. The highest BCUT2D eigenvalue weighted by molar-refractivity contribution is 8.00. The van der Waals surface area contributed by atoms with E-state index in [1.807, 2.05) is 30.3 Å². The summed E-state index contributed by atoms with van der Waals surface area (Å²) in [4.78, 5) is 27.6. The minimum Gasteiger partial charge on any atom is -0.331 e. The zero-order valence-corrected chi connectivity index (χ0v) is 19.5. The summed E-state index contributed by atoms with van der Waals surface area (Å²) in [5.41, 5.74) is 3.08. The van der Waals surface area contributed by atoms with E-state index in [4.69, 9.17) is 0 Å². The lowest BCUT2D eigenvalue weighted by Gasteiger charge is -2.45. The fourth-order valence-electron chi connectivity index (χ4n) is 4.48. The SMILES string of the molecule is CCc1ccc(NC(=O)CSC2NC(=O)C3CN(C(C)c4ccccc4)CCC3N2)cc1. The van der Waals surface area contributed by atoms with E-state index in [0.717, 1.165) is 31.6 Å². The third-order valence-electron chi connectivity index (χ3n) is 6.48. The van der Waals surface area contributed by atoms with Crippen LogP contribution in [0.3, 0.4) is 0 Å². The Kier molecular flexibility index (Phi) is 7.50. The molecule has 0 saturated carbocycles. The second-order valence-electron chi connectivity index (χ2n) is 8.55. The maximum Gasteiger partial charge on any atom is 0.234 e. The van der Waals surface area contributed by atoms with Crippen molar-refractivity contribution in [2.45, 2.75) is 44.3 Å². The fraction of sp³-hybridized carbons (Fsp3) is 0.440. The van der Waals surface area contributed by atoms with E-state index in [-0.39, 0.29) is 41.1 Å². The number of fused-ring (bicyclic) bond motifs is 1. The Hall–Kier alpha value is -2.35. The molecule has 3 N–H and O–H groups in total. The van der Waals surface area contributed by atoms with Gasteiger partial charge in [0, 0.05) is 30.9 Å². The normalized spacial score (nSPS) is 24.3. The fourth-order valence-corrected chi connectivity index (χ4v) is 5.34. The van der Waals surface area contributed by atoms with Gasteiger partial charge in [-0.1, -0.05) is 49.4 Å². The van der Waals surface area contributed by atoms with Gasteiger partial charge in [-0.15, -0.1) is 11.8 Å². The predicted molar refractivity (Wildman–Crippen MR) is 130 cm³/mol. The first kappa shape index (κ1) is 22.8. The molecule has 7 heteroatoms. The maximum atomic E-state index is 12.8. The number of hydrogen-bond acceptors (Lipinski definition) is 5. The second-order valence-corrected chi connectivity index (χ2v) is 9.64. The number of carbonyl (C=O) groups is 2. The summed E-state index contributed by atoms with van der Waals surface area (Å²) >= 11 is 1.43. The number of thioether (sulfide) groups is 1. The lowest BCUT2D eigenvalue weighted by atomic mass is 9.88. The molecule has 4 rings (SSSR count). The number of hydrogen-bond donors (Lipinski definition) is 3. The number of anilines is 1. The van der Waals surface area contributed by atoms with Crippen molar-refractivity contribution in [1.29, 1.82) is 0 Å². The summed E-state index contributed by atoms with van der Waals surface area (Å²) in [5.74, 6) is 0.218. The van der Waals surface area contributed by atoms with E-state index in [1.54, 1.807) is 0 Å². The van der Waals surface area contributed by atoms with Crippen molar-refractivity contribution in [3.8, 4) is 0 Å². The lowest BCUT2D eigenvalue weighted by molar-refractivity contribution is -0.131. The first-order valence-corrected chi connectivity index (χ1v) is 12.4. The third-order valence-corrected chi connectivity index (χ3v) is 7.49. The second kappa shape index (κ2) is 10.5. The maximum absolute atomic E-state index is 12.8. The van der Waals surface area contributed by atoms with E-state index in [2.05, 4.69) is 59.0 Å². The minimum absolute atomic E-state index is 0.0658. The minimum atomic E-state index is -0.241. The van der Waals surface area contributed by atoms with Crippen LogP contribution in [0, 0.1) is 5.92 Å². The van der Waals surface area contributed by atoms with Gasteiger partial charge in [0.15, 0.2) is 0 Å². The van der Waals surface area contributed by atoms with Crippen LogP contribution in [0.5, 0.6) is 0 Å². The van der Waals surface area contributed by atoms with Crippen LogP contribution in [0.4, 0.5) is 5.69 Å². The van der Waals surface area contributed by atoms with Gasteiger partial charge in [-0.2, -0.15) is 0 Å². The summed E-state index contributed by atoms with van der Waals surface area (Å²) in [6.45, 7) is 6.00. The van der Waals surface area contributed by atoms with Crippen molar-refractivity contribution in [2.75, 3.05) is 24.2 Å². The van der Waals surface area contributed by atoms with Gasteiger partial charge in [-0.3, -0.25) is 19.8 Å². The molecule has 170 valence electrons. The molecule has 0 spiro atoms. The molecule has 2 saturated heterocycles. The number of piperidine rings is 1. The van der Waals surface area contributed by atoms with Gasteiger partial charge in [-0.05, 0) is 43.0 Å². The molecule has 4 atom stereocenters. The lowest BCUT2D eigenvalue weighted by Crippen LogP contribution is -2.65. The third kappa shape index (κ3) is 5.52. The first-order valence-electron chi connectivity index (χ1n) is 11.4. The van der Waals surface area contributed by atoms with Crippen LogP contribution in [0.2, 0.25) is 0 Å². The molecule has 2 aliphatic rings. The first-order chi connectivity index (χ1) is 15.5. The van der Waals surface area contributed by atoms with E-state index in [1.165, 1.54) is 22.9 Å². The average molecular weight is 453 g/mol. The highest BCUT2D eigenvalue weighted by atomic mass is 32.2. The van der Waals surface area contributed by atoms with E-state index >= 15 is 0 Å². The zero-order valence-electron chi connectivity index (χ0n) is 18.7. The van der Waals surface area contributed by atoms with Crippen LogP contribution in [-0.2, 0) is 16.0 Å². The Balaban J connectivity index is 1.26. The highest BCUT2D eigenvalue weighted by Crippen LogP contribution is 2.29. The molecule has 6 nitrogen and oxygen atoms in total. The molecular formula is C25H32N4O2S. The molecular weight excluding hydrogens is 420 g/mol. The average Bonchev–Trinajstić information content (AvgIpc) is 2.83. The van der Waals surface area contributed by atoms with Crippen LogP contribution < -0.4 is 16.0 Å². The Morgan fingerprint density at radius 2 is 1.94 bits per heavy atom. The number of rotatable bonds is 7. The zero-order chi connectivity index (χ0) is 22.5. The summed E-state index contributed by atoms with van der Waals surface area (Å²) in [7, 11) is 0. The standard InChI is InChI=1S/C25H32N4O2S/c1-3-18-9-11-20(12-10-18)26-23(30)16-32-25-27-22-13-14-29(15-21(22)24(31)28-25)17(2)19-7-5-4-6-8-19/h4-12,17,21-22,25,27H,3,13-16H2,1-2H3,(H,26,30)(H,28,31). The van der Waals surface area contributed by atoms with Crippen LogP contribution in [-0.4, -0.2) is 47.1 Å². The molecule has 2 heterocycles. The largest absolute Gasteiger partial charge is 0.331 e. The summed E-state index contributed by atoms with van der Waals surface area (Å²) in [5, 5.41) is 9.53. The number of nitrogens with zero attached hydrogens (tertiary/aromatic N) is 1. The summed E-state index contributed by atoms with van der Waals surface area (Å²) < 4.78 is 0. The topological polar surface area (TPSA) is 73.5 Å². The Labute approximate surface area is 194 Å². The van der Waals surface area contributed by atoms with Gasteiger partial charge in [0.25, 0.3) is 0 Å². The van der Waals surface area contributed by atoms with Gasteiger partial charge in [0.05, 0.1) is 11.7 Å². The van der Waals surface area contributed by atoms with Crippen molar-refractivity contribution in [1.82, 2.24) is 15.5 Å². The summed E-state index contributed by atoms with van der Waals surface area (Å²) in [6, 6.07) is 18.8. The van der Waals surface area contributed by atoms with Gasteiger partial charge >= 0.3 is 0 Å². The molecule has 4 unspecified atom stereocenters. The van der Waals surface area contributed by atoms with Gasteiger partial charge in [0.1, 0.15) is 5.50 Å². The molecule has 0 aromatic heterocycles. The predicted octanol–water partition coefficient (Wildman–Crippen LogP) is 3.38. The number of amides is 2. The van der Waals surface area contributed by atoms with Gasteiger partial charge < -0.3 is 10.6 Å². The van der Waals surface area contributed by atoms with Crippen molar-refractivity contribution >= 4 is 29.3 Å². The number of aryl methyl sites for hydroxylation is 1. The Bertz CT molecular complexity index is 921. The van der Waals surface area contributed by atoms with E-state index in [0.29, 0.717) is 0 Å². The van der Waals surface area contributed by atoms with Crippen molar-refractivity contribution in [2.24, 2.45) is 5.92 Å². The number of nitrogens with one attached hydrogen (secondary N) is 3. The highest BCUT2D eigenvalue weighted by Gasteiger charge is 2.41.